The number of rotatable bonds is 9. The summed E-state index contributed by atoms with van der Waals surface area (Å²) in [5, 5.41) is 3.76. The van der Waals surface area contributed by atoms with Gasteiger partial charge in [0.25, 0.3) is 5.91 Å². The molecule has 2 amide bonds. The molecule has 2 aromatic carbocycles. The minimum atomic E-state index is -0.692. The minimum absolute atomic E-state index is 0.0110. The molecule has 2 aromatic rings. The Kier molecular flexibility index (Phi) is 9.86. The number of amides is 2. The Hall–Kier alpha value is -1.76. The Morgan fingerprint density at radius 2 is 1.72 bits per heavy atom. The molecule has 0 aliphatic heterocycles. The van der Waals surface area contributed by atoms with E-state index < -0.39 is 6.04 Å². The highest BCUT2D eigenvalue weighted by molar-refractivity contribution is 9.10. The van der Waals surface area contributed by atoms with Gasteiger partial charge in [-0.3, -0.25) is 9.59 Å². The predicted octanol–water partition coefficient (Wildman–Crippen LogP) is 6.08. The monoisotopic (exact) mass is 542 g/mol. The van der Waals surface area contributed by atoms with Crippen LogP contribution in [0.5, 0.6) is 5.75 Å². The Morgan fingerprint density at radius 1 is 1.09 bits per heavy atom. The number of carbonyl (C=O) groups excluding carboxylic acids is 2. The fourth-order valence-electron chi connectivity index (χ4n) is 3.10. The van der Waals surface area contributed by atoms with Gasteiger partial charge >= 0.3 is 0 Å². The Morgan fingerprint density at radius 3 is 2.28 bits per heavy atom. The maximum atomic E-state index is 13.2. The van der Waals surface area contributed by atoms with Gasteiger partial charge in [-0.1, -0.05) is 52.1 Å². The molecule has 174 valence electrons. The Bertz CT molecular complexity index is 961. The summed E-state index contributed by atoms with van der Waals surface area (Å²) >= 11 is 15.7. The highest BCUT2D eigenvalue weighted by atomic mass is 79.9. The maximum Gasteiger partial charge on any atom is 0.261 e. The number of aryl methyl sites for hydroxylation is 2. The van der Waals surface area contributed by atoms with E-state index in [2.05, 4.69) is 21.2 Å². The van der Waals surface area contributed by atoms with Crippen LogP contribution in [0.1, 0.15) is 43.9 Å². The van der Waals surface area contributed by atoms with Crippen molar-refractivity contribution in [1.82, 2.24) is 10.2 Å². The molecule has 0 aliphatic rings. The van der Waals surface area contributed by atoms with Crippen LogP contribution in [-0.4, -0.2) is 35.4 Å². The lowest BCUT2D eigenvalue weighted by Gasteiger charge is -2.29. The average molecular weight is 544 g/mol. The Labute approximate surface area is 208 Å². The first-order chi connectivity index (χ1) is 15.0. The third-order valence-electron chi connectivity index (χ3n) is 5.28. The van der Waals surface area contributed by atoms with Crippen molar-refractivity contribution in [1.29, 1.82) is 0 Å². The SMILES string of the molecule is CC[C@@H](C)NC(=O)[C@H](C)N(Cc1ccc(Cl)c(Cl)c1)C(=O)COc1cc(C)c(Br)c(C)c1. The molecule has 0 aromatic heterocycles. The van der Waals surface area contributed by atoms with Crippen molar-refractivity contribution < 1.29 is 14.3 Å². The predicted molar refractivity (Wildman–Crippen MR) is 133 cm³/mol. The van der Waals surface area contributed by atoms with Gasteiger partial charge in [0.15, 0.2) is 6.61 Å². The van der Waals surface area contributed by atoms with E-state index in [-0.39, 0.29) is 31.0 Å². The van der Waals surface area contributed by atoms with Crippen molar-refractivity contribution in [2.24, 2.45) is 0 Å². The smallest absolute Gasteiger partial charge is 0.261 e. The first kappa shape index (κ1) is 26.5. The van der Waals surface area contributed by atoms with Crippen LogP contribution in [0.4, 0.5) is 0 Å². The van der Waals surface area contributed by atoms with E-state index in [1.165, 1.54) is 4.90 Å². The van der Waals surface area contributed by atoms with Gasteiger partial charge in [0, 0.05) is 17.1 Å². The lowest BCUT2D eigenvalue weighted by Crippen LogP contribution is -2.50. The summed E-state index contributed by atoms with van der Waals surface area (Å²) in [4.78, 5) is 27.4. The summed E-state index contributed by atoms with van der Waals surface area (Å²) in [6, 6.07) is 8.22. The van der Waals surface area contributed by atoms with E-state index >= 15 is 0 Å². The van der Waals surface area contributed by atoms with Crippen molar-refractivity contribution in [3.8, 4) is 5.75 Å². The molecule has 8 heteroatoms. The molecule has 0 spiro atoms. The van der Waals surface area contributed by atoms with Gasteiger partial charge in [0.2, 0.25) is 5.91 Å². The first-order valence-corrected chi connectivity index (χ1v) is 12.0. The van der Waals surface area contributed by atoms with Crippen LogP contribution in [0.25, 0.3) is 0 Å². The van der Waals surface area contributed by atoms with E-state index in [4.69, 9.17) is 27.9 Å². The lowest BCUT2D eigenvalue weighted by molar-refractivity contribution is -0.142. The summed E-state index contributed by atoms with van der Waals surface area (Å²) in [6.45, 7) is 9.56. The second-order valence-corrected chi connectivity index (χ2v) is 9.53. The molecule has 1 N–H and O–H groups in total. The molecule has 32 heavy (non-hydrogen) atoms. The highest BCUT2D eigenvalue weighted by Gasteiger charge is 2.27. The molecular weight excluding hydrogens is 515 g/mol. The zero-order valence-electron chi connectivity index (χ0n) is 19.0. The summed E-state index contributed by atoms with van der Waals surface area (Å²) in [7, 11) is 0. The molecule has 0 saturated heterocycles. The molecular formula is C24H29BrCl2N2O3. The standard InChI is InChI=1S/C24H29BrCl2N2O3/c1-6-16(4)28-24(31)17(5)29(12-18-7-8-20(26)21(27)11-18)22(30)13-32-19-9-14(2)23(25)15(3)10-19/h7-11,16-17H,6,12-13H2,1-5H3,(H,28,31)/t16-,17+/m1/s1. The molecule has 0 radical (unpaired) electrons. The van der Waals surface area contributed by atoms with Gasteiger partial charge in [0.05, 0.1) is 10.0 Å². The summed E-state index contributed by atoms with van der Waals surface area (Å²) < 4.78 is 6.79. The quantitative estimate of drug-likeness (QED) is 0.416. The molecule has 0 saturated carbocycles. The molecule has 2 rings (SSSR count). The number of carbonyl (C=O) groups is 2. The normalized spacial score (nSPS) is 12.8. The van der Waals surface area contributed by atoms with Gasteiger partial charge in [-0.05, 0) is 75.1 Å². The van der Waals surface area contributed by atoms with Crippen LogP contribution in [0.15, 0.2) is 34.8 Å². The van der Waals surface area contributed by atoms with Crippen molar-refractivity contribution in [3.05, 3.63) is 61.5 Å². The maximum absolute atomic E-state index is 13.2. The molecule has 5 nitrogen and oxygen atoms in total. The van der Waals surface area contributed by atoms with Crippen molar-refractivity contribution in [2.75, 3.05) is 6.61 Å². The lowest BCUT2D eigenvalue weighted by atomic mass is 10.1. The van der Waals surface area contributed by atoms with E-state index in [0.29, 0.717) is 15.8 Å². The van der Waals surface area contributed by atoms with Gasteiger partial charge in [-0.2, -0.15) is 0 Å². The number of halogens is 3. The summed E-state index contributed by atoms with van der Waals surface area (Å²) in [5.74, 6) is 0.0759. The number of hydrogen-bond acceptors (Lipinski definition) is 3. The number of nitrogens with zero attached hydrogens (tertiary/aromatic N) is 1. The van der Waals surface area contributed by atoms with E-state index in [1.807, 2.05) is 39.8 Å². The highest BCUT2D eigenvalue weighted by Crippen LogP contribution is 2.27. The topological polar surface area (TPSA) is 58.6 Å². The molecule has 2 atom stereocenters. The number of benzene rings is 2. The van der Waals surface area contributed by atoms with E-state index in [0.717, 1.165) is 27.6 Å². The Balaban J connectivity index is 2.22. The first-order valence-electron chi connectivity index (χ1n) is 10.5. The fraction of sp³-hybridized carbons (Fsp3) is 0.417. The van der Waals surface area contributed by atoms with Gasteiger partial charge in [-0.15, -0.1) is 0 Å². The molecule has 0 aliphatic carbocycles. The van der Waals surface area contributed by atoms with Crippen molar-refractivity contribution in [3.63, 3.8) is 0 Å². The van der Waals surface area contributed by atoms with Crippen LogP contribution >= 0.6 is 39.1 Å². The largest absolute Gasteiger partial charge is 0.484 e. The second kappa shape index (κ2) is 11.9. The third kappa shape index (κ3) is 7.12. The summed E-state index contributed by atoms with van der Waals surface area (Å²) in [6.07, 6.45) is 0.796. The van der Waals surface area contributed by atoms with Crippen molar-refractivity contribution in [2.45, 2.75) is 59.7 Å². The molecule has 0 unspecified atom stereocenters. The van der Waals surface area contributed by atoms with Gasteiger partial charge < -0.3 is 15.0 Å². The van der Waals surface area contributed by atoms with Gasteiger partial charge in [-0.25, -0.2) is 0 Å². The second-order valence-electron chi connectivity index (χ2n) is 7.92. The van der Waals surface area contributed by atoms with E-state index in [9.17, 15) is 9.59 Å². The fourth-order valence-corrected chi connectivity index (χ4v) is 3.65. The van der Waals surface area contributed by atoms with Crippen LogP contribution in [0.3, 0.4) is 0 Å². The summed E-state index contributed by atoms with van der Waals surface area (Å²) in [5.41, 5.74) is 2.80. The average Bonchev–Trinajstić information content (AvgIpc) is 2.75. The number of ether oxygens (including phenoxy) is 1. The zero-order valence-corrected chi connectivity index (χ0v) is 22.1. The van der Waals surface area contributed by atoms with E-state index in [1.54, 1.807) is 25.1 Å². The van der Waals surface area contributed by atoms with Crippen LogP contribution in [0.2, 0.25) is 10.0 Å². The number of nitrogens with one attached hydrogen (secondary N) is 1. The number of hydrogen-bond donors (Lipinski definition) is 1. The molecule has 0 fully saturated rings. The van der Waals surface area contributed by atoms with Crippen LogP contribution in [0, 0.1) is 13.8 Å². The molecule has 0 heterocycles. The van der Waals surface area contributed by atoms with Crippen molar-refractivity contribution >= 4 is 50.9 Å². The van der Waals surface area contributed by atoms with Crippen LogP contribution < -0.4 is 10.1 Å². The molecule has 0 bridgehead atoms. The minimum Gasteiger partial charge on any atom is -0.484 e. The van der Waals surface area contributed by atoms with Crippen LogP contribution in [-0.2, 0) is 16.1 Å². The zero-order chi connectivity index (χ0) is 24.0. The third-order valence-corrected chi connectivity index (χ3v) is 7.27. The van der Waals surface area contributed by atoms with Gasteiger partial charge in [0.1, 0.15) is 11.8 Å².